The second kappa shape index (κ2) is 11.1. The van der Waals surface area contributed by atoms with Gasteiger partial charge in [0.25, 0.3) is 5.91 Å². The summed E-state index contributed by atoms with van der Waals surface area (Å²) in [5, 5.41) is 25.1. The molecule has 2 bridgehead atoms. The Morgan fingerprint density at radius 2 is 1.66 bits per heavy atom. The lowest BCUT2D eigenvalue weighted by Crippen LogP contribution is -2.48. The van der Waals surface area contributed by atoms with Gasteiger partial charge >= 0.3 is 0 Å². The van der Waals surface area contributed by atoms with Gasteiger partial charge in [-0.15, -0.1) is 0 Å². The van der Waals surface area contributed by atoms with Crippen molar-refractivity contribution < 1.29 is 36.2 Å². The van der Waals surface area contributed by atoms with Crippen LogP contribution in [-0.2, 0) is 16.4 Å². The molecule has 3 aromatic carbocycles. The number of rotatable bonds is 7. The Morgan fingerprint density at radius 3 is 2.27 bits per heavy atom. The number of hydrogen-bond acceptors (Lipinski definition) is 5. The molecule has 2 aliphatic rings. The summed E-state index contributed by atoms with van der Waals surface area (Å²) < 4.78 is 68.8. The van der Waals surface area contributed by atoms with Crippen LogP contribution in [0, 0.1) is 34.5 Å². The first-order valence-corrected chi connectivity index (χ1v) is 14.8. The quantitative estimate of drug-likeness (QED) is 0.122. The average Bonchev–Trinajstić information content (AvgIpc) is 3.20. The highest BCUT2D eigenvalue weighted by Gasteiger charge is 2.55. The van der Waals surface area contributed by atoms with Crippen molar-refractivity contribution in [2.75, 3.05) is 5.32 Å². The van der Waals surface area contributed by atoms with Crippen LogP contribution in [0.3, 0.4) is 0 Å². The molecule has 0 saturated heterocycles. The number of sulfone groups is 1. The van der Waals surface area contributed by atoms with Crippen LogP contribution in [0.5, 0.6) is 0 Å². The molecule has 2 aliphatic carbocycles. The van der Waals surface area contributed by atoms with Crippen molar-refractivity contribution in [3.63, 3.8) is 0 Å². The Bertz CT molecular complexity index is 1600. The molecule has 4 atom stereocenters. The van der Waals surface area contributed by atoms with Crippen molar-refractivity contribution in [2.45, 2.75) is 48.0 Å². The molecular weight excluding hydrogens is 581 g/mol. The topological polar surface area (TPSA) is 110 Å². The van der Waals surface area contributed by atoms with Crippen LogP contribution in [0.2, 0.25) is 5.02 Å². The molecule has 216 valence electrons. The van der Waals surface area contributed by atoms with Crippen LogP contribution in [0.4, 0.5) is 18.9 Å². The van der Waals surface area contributed by atoms with Gasteiger partial charge in [-0.2, -0.15) is 0 Å². The maximum Gasteiger partial charge on any atom is 0.255 e. The third kappa shape index (κ3) is 5.98. The molecule has 0 radical (unpaired) electrons. The number of hydroxylamine groups is 1. The Hall–Kier alpha value is -3.41. The van der Waals surface area contributed by atoms with Crippen LogP contribution >= 0.6 is 11.6 Å². The summed E-state index contributed by atoms with van der Waals surface area (Å²) in [6.07, 6.45) is 2.43. The van der Waals surface area contributed by atoms with Gasteiger partial charge in [0, 0.05) is 28.9 Å². The Labute approximate surface area is 239 Å². The standard InChI is InChI=1S/C29H26ClF3N2O5S/c30-22-9-8-18(28(36)34-21-11-23(31)26(33)24(32)12-21)10-25(22)41(39,40)27-19-6-7-20(27)14-29(37,13-19)16-35(38)15-17-4-2-1-3-5-17/h1-5,8-12,16,19-20,27,37H,6-7,13-15H2,(H,34,36)/b35-16-/t19-,20?,27?,29?/m0/s1. The maximum absolute atomic E-state index is 13.9. The number of halogens is 4. The van der Waals surface area contributed by atoms with Gasteiger partial charge in [-0.1, -0.05) is 41.9 Å². The van der Waals surface area contributed by atoms with E-state index in [2.05, 4.69) is 5.32 Å². The van der Waals surface area contributed by atoms with E-state index in [0.717, 1.165) is 11.6 Å². The zero-order chi connectivity index (χ0) is 29.5. The van der Waals surface area contributed by atoms with Crippen molar-refractivity contribution in [2.24, 2.45) is 11.8 Å². The van der Waals surface area contributed by atoms with E-state index in [4.69, 9.17) is 11.6 Å². The number of nitrogens with zero attached hydrogens (tertiary/aromatic N) is 1. The van der Waals surface area contributed by atoms with E-state index in [1.54, 1.807) is 24.3 Å². The van der Waals surface area contributed by atoms with Crippen molar-refractivity contribution in [1.82, 2.24) is 0 Å². The largest absolute Gasteiger partial charge is 0.624 e. The van der Waals surface area contributed by atoms with E-state index >= 15 is 0 Å². The molecule has 41 heavy (non-hydrogen) atoms. The molecule has 12 heteroatoms. The summed E-state index contributed by atoms with van der Waals surface area (Å²) >= 11 is 6.29. The van der Waals surface area contributed by atoms with Gasteiger partial charge < -0.3 is 15.6 Å². The van der Waals surface area contributed by atoms with Gasteiger partial charge in [0.05, 0.1) is 15.2 Å². The number of benzene rings is 3. The lowest BCUT2D eigenvalue weighted by molar-refractivity contribution is -0.474. The van der Waals surface area contributed by atoms with Crippen LogP contribution < -0.4 is 5.32 Å². The fraction of sp³-hybridized carbons (Fsp3) is 0.310. The van der Waals surface area contributed by atoms with E-state index in [-0.39, 0.29) is 40.6 Å². The highest BCUT2D eigenvalue weighted by molar-refractivity contribution is 7.92. The van der Waals surface area contributed by atoms with Crippen molar-refractivity contribution in [1.29, 1.82) is 0 Å². The number of carbonyl (C=O) groups excluding carboxylic acids is 1. The van der Waals surface area contributed by atoms with E-state index in [1.165, 1.54) is 18.3 Å². The van der Waals surface area contributed by atoms with Gasteiger partial charge in [-0.3, -0.25) is 4.79 Å². The third-order valence-electron chi connectivity index (χ3n) is 7.73. The molecule has 2 N–H and O–H groups in total. The Morgan fingerprint density at radius 1 is 1.05 bits per heavy atom. The molecule has 7 nitrogen and oxygen atoms in total. The second-order valence-corrected chi connectivity index (χ2v) is 13.1. The minimum Gasteiger partial charge on any atom is -0.624 e. The molecule has 3 aromatic rings. The molecule has 3 unspecified atom stereocenters. The minimum atomic E-state index is -4.10. The fourth-order valence-corrected chi connectivity index (χ4v) is 8.94. The first-order chi connectivity index (χ1) is 19.4. The molecule has 0 spiro atoms. The number of hydrogen-bond donors (Lipinski definition) is 2. The van der Waals surface area contributed by atoms with E-state index in [1.807, 2.05) is 6.07 Å². The second-order valence-electron chi connectivity index (χ2n) is 10.7. The van der Waals surface area contributed by atoms with E-state index in [9.17, 15) is 36.7 Å². The van der Waals surface area contributed by atoms with Crippen LogP contribution in [0.1, 0.15) is 41.6 Å². The number of nitrogens with one attached hydrogen (secondary N) is 1. The van der Waals surface area contributed by atoms with Crippen molar-refractivity contribution >= 4 is 39.2 Å². The van der Waals surface area contributed by atoms with E-state index < -0.39 is 55.9 Å². The molecule has 5 rings (SSSR count). The Balaban J connectivity index is 1.36. The van der Waals surface area contributed by atoms with Gasteiger partial charge in [-0.25, -0.2) is 26.3 Å². The molecule has 0 aliphatic heterocycles. The van der Waals surface area contributed by atoms with E-state index in [0.29, 0.717) is 29.7 Å². The molecule has 0 heterocycles. The smallest absolute Gasteiger partial charge is 0.255 e. The molecule has 0 aromatic heterocycles. The van der Waals surface area contributed by atoms with Crippen LogP contribution in [-0.4, -0.2) is 41.2 Å². The van der Waals surface area contributed by atoms with Crippen LogP contribution in [0.15, 0.2) is 65.6 Å². The SMILES string of the molecule is O=C(Nc1cc(F)c(F)c(F)c1)c1ccc(Cl)c(S(=O)(=O)C2C3CC[C@H]2CC(O)(/C=[N+](\[O-])Cc2ccccc2)C3)c1. The molecule has 2 fully saturated rings. The summed E-state index contributed by atoms with van der Waals surface area (Å²) in [4.78, 5) is 12.5. The zero-order valence-electron chi connectivity index (χ0n) is 21.6. The Kier molecular flexibility index (Phi) is 7.88. The van der Waals surface area contributed by atoms with Gasteiger partial charge in [0.2, 0.25) is 0 Å². The average molecular weight is 607 g/mol. The summed E-state index contributed by atoms with van der Waals surface area (Å²) in [6.45, 7) is 0.0435. The number of fused-ring (bicyclic) bond motifs is 2. The molecule has 1 amide bonds. The summed E-state index contributed by atoms with van der Waals surface area (Å²) in [7, 11) is -4.10. The minimum absolute atomic E-state index is 0.0435. The number of aliphatic hydroxyl groups is 1. The highest BCUT2D eigenvalue weighted by atomic mass is 35.5. The highest BCUT2D eigenvalue weighted by Crippen LogP contribution is 2.51. The summed E-state index contributed by atoms with van der Waals surface area (Å²) in [6, 6.07) is 13.8. The zero-order valence-corrected chi connectivity index (χ0v) is 23.1. The lowest BCUT2D eigenvalue weighted by Gasteiger charge is -2.38. The van der Waals surface area contributed by atoms with Crippen LogP contribution in [0.25, 0.3) is 0 Å². The normalized spacial score (nSPS) is 24.3. The first-order valence-electron chi connectivity index (χ1n) is 12.9. The van der Waals surface area contributed by atoms with Crippen molar-refractivity contribution in [3.8, 4) is 0 Å². The molecular formula is C29H26ClF3N2O5S. The van der Waals surface area contributed by atoms with Gasteiger partial charge in [-0.05, 0) is 55.7 Å². The molecule has 2 saturated carbocycles. The van der Waals surface area contributed by atoms with Gasteiger partial charge in [0.1, 0.15) is 5.60 Å². The van der Waals surface area contributed by atoms with Gasteiger partial charge in [0.15, 0.2) is 40.0 Å². The third-order valence-corrected chi connectivity index (χ3v) is 10.6. The predicted molar refractivity (Wildman–Crippen MR) is 147 cm³/mol. The summed E-state index contributed by atoms with van der Waals surface area (Å²) in [5.41, 5.74) is -1.20. The van der Waals surface area contributed by atoms with Crippen molar-refractivity contribution in [3.05, 3.63) is 99.5 Å². The maximum atomic E-state index is 13.9. The fourth-order valence-electron chi connectivity index (χ4n) is 6.10. The lowest BCUT2D eigenvalue weighted by atomic mass is 9.78. The predicted octanol–water partition coefficient (Wildman–Crippen LogP) is 5.48. The number of carbonyl (C=O) groups is 1. The number of anilines is 1. The monoisotopic (exact) mass is 606 g/mol. The number of amides is 1. The first kappa shape index (κ1) is 29.1. The summed E-state index contributed by atoms with van der Waals surface area (Å²) in [5.74, 6) is -6.47.